The molecule has 0 amide bonds. The third-order valence-electron chi connectivity index (χ3n) is 9.86. The van der Waals surface area contributed by atoms with Crippen LogP contribution in [0.25, 0.3) is 0 Å². The standard InChI is InChI=1S/2C10H15.2C8H11.4ClH.2Ti/c2*1-7-6-10(4,5)9(3)8(7)2;2*1-7(2)8-5-3-4-6-8;;;;;;/h2*1-5H3;2*3,5,7H,4H2,1-2H3;4*1H;;/q;;;;;;;;2*+2/p-4. The maximum atomic E-state index is 2.42. The normalized spacial score (nSPS) is 20.0. The second-order valence-electron chi connectivity index (χ2n) is 13.4. The van der Waals surface area contributed by atoms with Gasteiger partial charge in [0.05, 0.1) is 0 Å². The van der Waals surface area contributed by atoms with E-state index in [1.165, 1.54) is 24.0 Å². The maximum Gasteiger partial charge on any atom is -1.00 e. The van der Waals surface area contributed by atoms with E-state index in [2.05, 4.69) is 121 Å². The summed E-state index contributed by atoms with van der Waals surface area (Å²) in [5, 5.41) is 0. The molecule has 0 N–H and O–H groups in total. The number of halogens is 4. The van der Waals surface area contributed by atoms with Crippen molar-refractivity contribution in [2.24, 2.45) is 22.7 Å². The van der Waals surface area contributed by atoms with E-state index in [1.807, 2.05) is 0 Å². The van der Waals surface area contributed by atoms with E-state index in [1.54, 1.807) is 48.9 Å². The minimum atomic E-state index is -0.239. The van der Waals surface area contributed by atoms with Crippen LogP contribution in [0.1, 0.15) is 110 Å². The molecular formula is C36H52Cl4Ti2. The van der Waals surface area contributed by atoms with E-state index in [0.717, 1.165) is 0 Å². The Bertz CT molecular complexity index is 1160. The average molecular weight is 722 g/mol. The second kappa shape index (κ2) is 17.4. The van der Waals surface area contributed by atoms with Crippen LogP contribution < -0.4 is 49.6 Å². The predicted molar refractivity (Wildman–Crippen MR) is 161 cm³/mol. The molecule has 42 heavy (non-hydrogen) atoms. The van der Waals surface area contributed by atoms with Crippen molar-refractivity contribution >= 4 is 0 Å². The molecule has 0 unspecified atom stereocenters. The van der Waals surface area contributed by atoms with Gasteiger partial charge in [-0.25, -0.2) is 0 Å². The van der Waals surface area contributed by atoms with Gasteiger partial charge in [0.2, 0.25) is 0 Å². The molecule has 4 aliphatic carbocycles. The van der Waals surface area contributed by atoms with E-state index in [0.29, 0.717) is 11.8 Å². The van der Waals surface area contributed by atoms with Gasteiger partial charge in [0.15, 0.2) is 0 Å². The third-order valence-corrected chi connectivity index (χ3v) is 16.2. The van der Waals surface area contributed by atoms with Crippen LogP contribution in [0.5, 0.6) is 0 Å². The Kier molecular flexibility index (Phi) is 18.5. The summed E-state index contributed by atoms with van der Waals surface area (Å²) in [6.07, 6.45) is 11.9. The molecule has 0 saturated carbocycles. The summed E-state index contributed by atoms with van der Waals surface area (Å²) >= 11 is -0.283. The van der Waals surface area contributed by atoms with Gasteiger partial charge in [-0.15, -0.1) is 0 Å². The van der Waals surface area contributed by atoms with Gasteiger partial charge in [-0.3, -0.25) is 0 Å². The molecular weight excluding hydrogens is 670 g/mol. The molecule has 232 valence electrons. The summed E-state index contributed by atoms with van der Waals surface area (Å²) in [6.45, 7) is 32.9. The van der Waals surface area contributed by atoms with Crippen molar-refractivity contribution < 1.29 is 87.9 Å². The van der Waals surface area contributed by atoms with Crippen LogP contribution in [-0.2, 0) is 38.3 Å². The second-order valence-corrected chi connectivity index (χ2v) is 17.6. The number of rotatable bonds is 6. The molecule has 0 aromatic heterocycles. The van der Waals surface area contributed by atoms with E-state index in [-0.39, 0.29) is 98.8 Å². The number of hydrogen-bond donors (Lipinski definition) is 0. The molecule has 4 rings (SSSR count). The van der Waals surface area contributed by atoms with Crippen LogP contribution in [-0.4, -0.2) is 0 Å². The fraction of sp³-hybridized carbons (Fsp3) is 0.556. The third kappa shape index (κ3) is 8.85. The number of hydrogen-bond acceptors (Lipinski definition) is 0. The first-order valence-electron chi connectivity index (χ1n) is 14.7. The van der Waals surface area contributed by atoms with Crippen molar-refractivity contribution in [2.45, 2.75) is 110 Å². The first kappa shape index (κ1) is 44.6. The van der Waals surface area contributed by atoms with Crippen molar-refractivity contribution in [1.29, 1.82) is 0 Å². The van der Waals surface area contributed by atoms with Gasteiger partial charge in [0.25, 0.3) is 0 Å². The number of allylic oxidation sites excluding steroid dienone is 16. The Morgan fingerprint density at radius 2 is 0.833 bits per heavy atom. The summed E-state index contributed by atoms with van der Waals surface area (Å²) < 4.78 is 7.05. The summed E-state index contributed by atoms with van der Waals surface area (Å²) in [7, 11) is 0. The van der Waals surface area contributed by atoms with E-state index >= 15 is 0 Å². The Labute approximate surface area is 302 Å². The van der Waals surface area contributed by atoms with Gasteiger partial charge in [-0.1, -0.05) is 0 Å². The molecule has 0 bridgehead atoms. The molecule has 0 aromatic carbocycles. The first-order valence-corrected chi connectivity index (χ1v) is 17.8. The Hall–Kier alpha value is 0.509. The molecule has 6 heteroatoms. The molecule has 0 saturated heterocycles. The predicted octanol–water partition coefficient (Wildman–Crippen LogP) is -0.806. The van der Waals surface area contributed by atoms with E-state index in [9.17, 15) is 0 Å². The fourth-order valence-electron chi connectivity index (χ4n) is 6.37. The minimum absolute atomic E-state index is 0. The quantitative estimate of drug-likeness (QED) is 0.316. The van der Waals surface area contributed by atoms with Crippen molar-refractivity contribution in [3.8, 4) is 0 Å². The van der Waals surface area contributed by atoms with Crippen LogP contribution >= 0.6 is 0 Å². The fourth-order valence-corrected chi connectivity index (χ4v) is 12.4. The largest absolute Gasteiger partial charge is 1.00 e. The molecule has 0 spiro atoms. The Balaban J connectivity index is 0. The van der Waals surface area contributed by atoms with Crippen LogP contribution in [0.3, 0.4) is 0 Å². The maximum absolute atomic E-state index is 2.42. The topological polar surface area (TPSA) is 0 Å². The van der Waals surface area contributed by atoms with Crippen molar-refractivity contribution in [1.82, 2.24) is 0 Å². The van der Waals surface area contributed by atoms with Crippen molar-refractivity contribution in [2.75, 3.05) is 0 Å². The van der Waals surface area contributed by atoms with Gasteiger partial charge >= 0.3 is 255 Å². The van der Waals surface area contributed by atoms with E-state index < -0.39 is 0 Å². The summed E-state index contributed by atoms with van der Waals surface area (Å²) in [5.74, 6) is 1.40. The molecule has 0 heterocycles. The zero-order valence-corrected chi connectivity index (χ0v) is 34.5. The molecule has 0 aliphatic heterocycles. The van der Waals surface area contributed by atoms with Crippen molar-refractivity contribution in [3.05, 3.63) is 84.4 Å². The van der Waals surface area contributed by atoms with Gasteiger partial charge in [0, 0.05) is 0 Å². The molecule has 0 nitrogen and oxygen atoms in total. The molecule has 0 aromatic rings. The zero-order valence-electron chi connectivity index (χ0n) is 28.4. The minimum Gasteiger partial charge on any atom is -1.00 e. The van der Waals surface area contributed by atoms with Crippen LogP contribution in [0.4, 0.5) is 0 Å². The van der Waals surface area contributed by atoms with E-state index in [4.69, 9.17) is 0 Å². The van der Waals surface area contributed by atoms with Gasteiger partial charge in [-0.2, -0.15) is 0 Å². The monoisotopic (exact) mass is 720 g/mol. The molecule has 0 atom stereocenters. The first-order chi connectivity index (χ1) is 17.5. The SMILES string of the molecule is CC(C)C1=[C]([Ti+2][C]2=C(C(C)C)C=CC2)CC=C1.CC1=C(C)C(C)(C)[C]([Ti+2][C]2=C(C)C(C)=C(C)C2(C)C)=C1C.[Cl-].[Cl-].[Cl-].[Cl-]. The average Bonchev–Trinajstić information content (AvgIpc) is 3.56. The molecule has 0 radical (unpaired) electrons. The van der Waals surface area contributed by atoms with Gasteiger partial charge in [-0.05, 0) is 0 Å². The van der Waals surface area contributed by atoms with Crippen molar-refractivity contribution in [3.63, 3.8) is 0 Å². The molecule has 0 fully saturated rings. The smallest absolute Gasteiger partial charge is 1.00 e. The van der Waals surface area contributed by atoms with Crippen LogP contribution in [0.2, 0.25) is 0 Å². The van der Waals surface area contributed by atoms with Crippen LogP contribution in [0.15, 0.2) is 84.4 Å². The molecule has 4 aliphatic rings. The Morgan fingerprint density at radius 3 is 1.07 bits per heavy atom. The Morgan fingerprint density at radius 1 is 0.524 bits per heavy atom. The summed E-state index contributed by atoms with van der Waals surface area (Å²) in [4.78, 5) is 0. The van der Waals surface area contributed by atoms with Gasteiger partial charge in [0.1, 0.15) is 0 Å². The summed E-state index contributed by atoms with van der Waals surface area (Å²) in [6, 6.07) is 0. The summed E-state index contributed by atoms with van der Waals surface area (Å²) in [5.41, 5.74) is 13.2. The zero-order chi connectivity index (χ0) is 28.7. The van der Waals surface area contributed by atoms with Gasteiger partial charge < -0.3 is 49.6 Å². The van der Waals surface area contributed by atoms with Crippen LogP contribution in [0, 0.1) is 22.7 Å².